The quantitative estimate of drug-likeness (QED) is 0.882. The Bertz CT molecular complexity index is 618. The highest BCUT2D eigenvalue weighted by molar-refractivity contribution is 7.88. The maximum atomic E-state index is 11.9. The van der Waals surface area contributed by atoms with E-state index >= 15 is 0 Å². The van der Waals surface area contributed by atoms with Gasteiger partial charge in [-0.3, -0.25) is 0 Å². The average molecular weight is 279 g/mol. The van der Waals surface area contributed by atoms with Crippen LogP contribution >= 0.6 is 0 Å². The topological polar surface area (TPSA) is 59.3 Å². The fourth-order valence-corrected chi connectivity index (χ4v) is 2.99. The minimum Gasteiger partial charge on any atom is -0.472 e. The Morgan fingerprint density at radius 2 is 2.05 bits per heavy atom. The summed E-state index contributed by atoms with van der Waals surface area (Å²) in [6.07, 6.45) is 3.83. The van der Waals surface area contributed by atoms with Gasteiger partial charge in [-0.25, -0.2) is 13.1 Å². The van der Waals surface area contributed by atoms with Gasteiger partial charge in [0.1, 0.15) is 0 Å². The van der Waals surface area contributed by atoms with Crippen molar-refractivity contribution in [2.24, 2.45) is 0 Å². The zero-order valence-electron chi connectivity index (χ0n) is 10.8. The lowest BCUT2D eigenvalue weighted by Crippen LogP contribution is -2.27. The molecule has 2 rings (SSSR count). The molecule has 0 amide bonds. The van der Waals surface area contributed by atoms with E-state index in [1.54, 1.807) is 12.5 Å². The van der Waals surface area contributed by atoms with Crippen LogP contribution in [0.15, 0.2) is 47.3 Å². The first kappa shape index (κ1) is 13.8. The van der Waals surface area contributed by atoms with Crippen LogP contribution in [-0.2, 0) is 22.2 Å². The van der Waals surface area contributed by atoms with Crippen molar-refractivity contribution < 1.29 is 12.8 Å². The van der Waals surface area contributed by atoms with E-state index in [4.69, 9.17) is 4.42 Å². The third-order valence-corrected chi connectivity index (χ3v) is 4.11. The number of aryl methyl sites for hydroxylation is 1. The Hall–Kier alpha value is -1.59. The second kappa shape index (κ2) is 6.04. The number of rotatable bonds is 6. The molecule has 0 atom stereocenters. The molecular weight excluding hydrogens is 262 g/mol. The summed E-state index contributed by atoms with van der Waals surface area (Å²) in [5.74, 6) is 0.0140. The van der Waals surface area contributed by atoms with Gasteiger partial charge in [-0.2, -0.15) is 0 Å². The summed E-state index contributed by atoms with van der Waals surface area (Å²) in [6.45, 7) is 2.33. The zero-order valence-corrected chi connectivity index (χ0v) is 11.6. The minimum atomic E-state index is -3.29. The molecule has 1 N–H and O–H groups in total. The van der Waals surface area contributed by atoms with E-state index in [0.29, 0.717) is 13.0 Å². The first-order valence-electron chi connectivity index (χ1n) is 6.09. The van der Waals surface area contributed by atoms with E-state index in [0.717, 1.165) is 16.7 Å². The molecule has 0 radical (unpaired) electrons. The molecule has 4 nitrogen and oxygen atoms in total. The van der Waals surface area contributed by atoms with Gasteiger partial charge < -0.3 is 4.42 Å². The fourth-order valence-electron chi connectivity index (χ4n) is 1.86. The van der Waals surface area contributed by atoms with E-state index in [2.05, 4.69) is 4.72 Å². The van der Waals surface area contributed by atoms with Crippen LogP contribution in [0.5, 0.6) is 0 Å². The van der Waals surface area contributed by atoms with Crippen molar-refractivity contribution in [3.05, 3.63) is 59.5 Å². The fraction of sp³-hybridized carbons (Fsp3) is 0.286. The molecular formula is C14H17NO3S. The summed E-state index contributed by atoms with van der Waals surface area (Å²) in [4.78, 5) is 0. The van der Waals surface area contributed by atoms with Gasteiger partial charge in [0.15, 0.2) is 0 Å². The van der Waals surface area contributed by atoms with Crippen molar-refractivity contribution >= 4 is 10.0 Å². The van der Waals surface area contributed by atoms with Crippen LogP contribution in [0.4, 0.5) is 0 Å². The summed E-state index contributed by atoms with van der Waals surface area (Å²) in [7, 11) is -3.29. The molecule has 0 fully saturated rings. The first-order chi connectivity index (χ1) is 9.05. The lowest BCUT2D eigenvalue weighted by atomic mass is 10.2. The first-order valence-corrected chi connectivity index (χ1v) is 7.74. The van der Waals surface area contributed by atoms with Crippen LogP contribution in [-0.4, -0.2) is 15.0 Å². The number of hydrogen-bond acceptors (Lipinski definition) is 3. The predicted octanol–water partition coefficient (Wildman–Crippen LogP) is 2.25. The molecule has 2 aromatic rings. The zero-order chi connectivity index (χ0) is 13.7. The van der Waals surface area contributed by atoms with Crippen LogP contribution < -0.4 is 4.72 Å². The van der Waals surface area contributed by atoms with Crippen molar-refractivity contribution in [1.29, 1.82) is 0 Å². The van der Waals surface area contributed by atoms with E-state index in [-0.39, 0.29) is 5.75 Å². The molecule has 0 unspecified atom stereocenters. The SMILES string of the molecule is Cc1cccc(CS(=O)(=O)NCCc2ccoc2)c1. The largest absolute Gasteiger partial charge is 0.472 e. The molecule has 0 aliphatic carbocycles. The average Bonchev–Trinajstić information content (AvgIpc) is 2.81. The molecule has 19 heavy (non-hydrogen) atoms. The van der Waals surface area contributed by atoms with Crippen molar-refractivity contribution in [1.82, 2.24) is 4.72 Å². The van der Waals surface area contributed by atoms with Gasteiger partial charge in [-0.15, -0.1) is 0 Å². The van der Waals surface area contributed by atoms with Gasteiger partial charge in [-0.1, -0.05) is 29.8 Å². The summed E-state index contributed by atoms with van der Waals surface area (Å²) < 4.78 is 31.3. The number of nitrogens with one attached hydrogen (secondary N) is 1. The van der Waals surface area contributed by atoms with Gasteiger partial charge in [-0.05, 0) is 30.5 Å². The standard InChI is InChI=1S/C14H17NO3S/c1-12-3-2-4-14(9-12)11-19(16,17)15-7-5-13-6-8-18-10-13/h2-4,6,8-10,15H,5,7,11H2,1H3. The Morgan fingerprint density at radius 3 is 2.74 bits per heavy atom. The molecule has 1 aromatic heterocycles. The van der Waals surface area contributed by atoms with E-state index < -0.39 is 10.0 Å². The van der Waals surface area contributed by atoms with Crippen molar-refractivity contribution in [2.45, 2.75) is 19.1 Å². The van der Waals surface area contributed by atoms with E-state index in [1.165, 1.54) is 0 Å². The highest BCUT2D eigenvalue weighted by Crippen LogP contribution is 2.08. The van der Waals surface area contributed by atoms with Crippen LogP contribution in [0, 0.1) is 6.92 Å². The van der Waals surface area contributed by atoms with Crippen LogP contribution in [0.2, 0.25) is 0 Å². The minimum absolute atomic E-state index is 0.0140. The van der Waals surface area contributed by atoms with Crippen LogP contribution in [0.3, 0.4) is 0 Å². The number of furan rings is 1. The molecule has 5 heteroatoms. The predicted molar refractivity (Wildman–Crippen MR) is 74.2 cm³/mol. The maximum absolute atomic E-state index is 11.9. The second-order valence-electron chi connectivity index (χ2n) is 4.52. The molecule has 1 heterocycles. The number of sulfonamides is 1. The van der Waals surface area contributed by atoms with Gasteiger partial charge in [0.2, 0.25) is 10.0 Å². The molecule has 0 saturated carbocycles. The highest BCUT2D eigenvalue weighted by atomic mass is 32.2. The Morgan fingerprint density at radius 1 is 1.21 bits per heavy atom. The van der Waals surface area contributed by atoms with Gasteiger partial charge in [0.05, 0.1) is 18.3 Å². The Balaban J connectivity index is 1.88. The molecule has 0 saturated heterocycles. The van der Waals surface area contributed by atoms with Crippen molar-refractivity contribution in [2.75, 3.05) is 6.54 Å². The van der Waals surface area contributed by atoms with Crippen LogP contribution in [0.25, 0.3) is 0 Å². The van der Waals surface area contributed by atoms with E-state index in [1.807, 2.05) is 37.3 Å². The number of benzene rings is 1. The smallest absolute Gasteiger partial charge is 0.215 e. The third-order valence-electron chi connectivity index (χ3n) is 2.75. The highest BCUT2D eigenvalue weighted by Gasteiger charge is 2.11. The van der Waals surface area contributed by atoms with Crippen molar-refractivity contribution in [3.8, 4) is 0 Å². The van der Waals surface area contributed by atoms with Gasteiger partial charge in [0.25, 0.3) is 0 Å². The Kier molecular flexibility index (Phi) is 4.39. The van der Waals surface area contributed by atoms with E-state index in [9.17, 15) is 8.42 Å². The summed E-state index contributed by atoms with van der Waals surface area (Å²) in [5, 5.41) is 0. The maximum Gasteiger partial charge on any atom is 0.215 e. The molecule has 0 aliphatic heterocycles. The summed E-state index contributed by atoms with van der Waals surface area (Å²) >= 11 is 0. The lowest BCUT2D eigenvalue weighted by molar-refractivity contribution is 0.562. The second-order valence-corrected chi connectivity index (χ2v) is 6.33. The molecule has 0 bridgehead atoms. The summed E-state index contributed by atoms with van der Waals surface area (Å²) in [5.41, 5.74) is 2.85. The number of hydrogen-bond donors (Lipinski definition) is 1. The normalized spacial score (nSPS) is 11.6. The van der Waals surface area contributed by atoms with Gasteiger partial charge in [0, 0.05) is 6.54 Å². The molecule has 0 aliphatic rings. The lowest BCUT2D eigenvalue weighted by Gasteiger charge is -2.06. The van der Waals surface area contributed by atoms with Gasteiger partial charge >= 0.3 is 0 Å². The summed E-state index contributed by atoms with van der Waals surface area (Å²) in [6, 6.07) is 9.35. The molecule has 102 valence electrons. The van der Waals surface area contributed by atoms with Crippen LogP contribution in [0.1, 0.15) is 16.7 Å². The molecule has 1 aromatic carbocycles. The third kappa shape index (κ3) is 4.54. The Labute approximate surface area is 113 Å². The van der Waals surface area contributed by atoms with Crippen molar-refractivity contribution in [3.63, 3.8) is 0 Å². The molecule has 0 spiro atoms. The monoisotopic (exact) mass is 279 g/mol.